The first-order valence-electron chi connectivity index (χ1n) is 6.62. The smallest absolute Gasteiger partial charge is 0.223 e. The molecule has 0 aromatic carbocycles. The molecule has 0 aliphatic carbocycles. The lowest BCUT2D eigenvalue weighted by atomic mass is 9.93. The first-order valence-corrected chi connectivity index (χ1v) is 6.62. The number of carbonyl (C=O) groups excluding carboxylic acids is 1. The average Bonchev–Trinajstić information content (AvgIpc) is 2.35. The van der Waals surface area contributed by atoms with Crippen molar-refractivity contribution < 1.29 is 15.0 Å². The lowest BCUT2D eigenvalue weighted by Gasteiger charge is -2.31. The summed E-state index contributed by atoms with van der Waals surface area (Å²) in [7, 11) is 0. The van der Waals surface area contributed by atoms with Crippen LogP contribution >= 0.6 is 0 Å². The van der Waals surface area contributed by atoms with Gasteiger partial charge >= 0.3 is 0 Å². The van der Waals surface area contributed by atoms with Crippen LogP contribution in [0.15, 0.2) is 0 Å². The molecule has 0 saturated heterocycles. The molecule has 0 atom stereocenters. The van der Waals surface area contributed by atoms with E-state index in [1.54, 1.807) is 0 Å². The van der Waals surface area contributed by atoms with E-state index in [0.29, 0.717) is 6.42 Å². The summed E-state index contributed by atoms with van der Waals surface area (Å²) >= 11 is 0. The van der Waals surface area contributed by atoms with Crippen LogP contribution in [-0.4, -0.2) is 34.9 Å². The van der Waals surface area contributed by atoms with Crippen LogP contribution in [0.2, 0.25) is 0 Å². The van der Waals surface area contributed by atoms with Crippen LogP contribution in [0.3, 0.4) is 0 Å². The molecule has 0 saturated carbocycles. The molecule has 0 fully saturated rings. The number of amides is 1. The monoisotopic (exact) mass is 245 g/mol. The van der Waals surface area contributed by atoms with Crippen molar-refractivity contribution in [3.05, 3.63) is 0 Å². The van der Waals surface area contributed by atoms with E-state index in [1.165, 1.54) is 0 Å². The van der Waals surface area contributed by atoms with Crippen LogP contribution in [0.5, 0.6) is 0 Å². The summed E-state index contributed by atoms with van der Waals surface area (Å²) in [5, 5.41) is 21.4. The molecule has 0 radical (unpaired) electrons. The maximum atomic E-state index is 12.1. The van der Waals surface area contributed by atoms with Crippen LogP contribution in [0, 0.1) is 5.92 Å². The Morgan fingerprint density at radius 1 is 1.12 bits per heavy atom. The van der Waals surface area contributed by atoms with Gasteiger partial charge in [0.2, 0.25) is 5.91 Å². The van der Waals surface area contributed by atoms with Gasteiger partial charge in [0.05, 0.1) is 18.8 Å². The van der Waals surface area contributed by atoms with Gasteiger partial charge in [0.1, 0.15) is 0 Å². The number of carbonyl (C=O) groups is 1. The summed E-state index contributed by atoms with van der Waals surface area (Å²) in [6.45, 7) is 5.51. The predicted octanol–water partition coefficient (Wildman–Crippen LogP) is 1.45. The largest absolute Gasteiger partial charge is 0.394 e. The highest BCUT2D eigenvalue weighted by molar-refractivity contribution is 5.79. The Bertz CT molecular complexity index is 200. The fraction of sp³-hybridized carbons (Fsp3) is 0.923. The normalized spacial score (nSPS) is 11.9. The third-order valence-electron chi connectivity index (χ3n) is 3.32. The average molecular weight is 245 g/mol. The minimum absolute atomic E-state index is 0.00553. The lowest BCUT2D eigenvalue weighted by molar-refractivity contribution is -0.129. The molecule has 4 nitrogen and oxygen atoms in total. The van der Waals surface area contributed by atoms with Gasteiger partial charge in [0.15, 0.2) is 0 Å². The van der Waals surface area contributed by atoms with Gasteiger partial charge in [-0.05, 0) is 19.3 Å². The van der Waals surface area contributed by atoms with Gasteiger partial charge in [0, 0.05) is 5.92 Å². The Balaban J connectivity index is 4.55. The van der Waals surface area contributed by atoms with Crippen LogP contribution in [0.25, 0.3) is 0 Å². The van der Waals surface area contributed by atoms with Gasteiger partial charge in [-0.2, -0.15) is 0 Å². The summed E-state index contributed by atoms with van der Waals surface area (Å²) in [6.07, 6.45) is 4.17. The summed E-state index contributed by atoms with van der Waals surface area (Å²) < 4.78 is 0. The van der Waals surface area contributed by atoms with Gasteiger partial charge in [-0.3, -0.25) is 4.79 Å². The zero-order valence-corrected chi connectivity index (χ0v) is 11.3. The Hall–Kier alpha value is -0.610. The highest BCUT2D eigenvalue weighted by Crippen LogP contribution is 2.16. The second-order valence-corrected chi connectivity index (χ2v) is 4.71. The van der Waals surface area contributed by atoms with E-state index < -0.39 is 5.54 Å². The number of hydrogen-bond donors (Lipinski definition) is 3. The number of rotatable bonds is 9. The van der Waals surface area contributed by atoms with E-state index in [4.69, 9.17) is 0 Å². The highest BCUT2D eigenvalue weighted by Gasteiger charge is 2.30. The van der Waals surface area contributed by atoms with Crippen molar-refractivity contribution in [3.8, 4) is 0 Å². The highest BCUT2D eigenvalue weighted by atomic mass is 16.3. The molecule has 0 aromatic heterocycles. The van der Waals surface area contributed by atoms with Crippen molar-refractivity contribution in [1.29, 1.82) is 0 Å². The fourth-order valence-corrected chi connectivity index (χ4v) is 1.91. The Morgan fingerprint density at radius 3 is 1.88 bits per heavy atom. The molecule has 0 aliphatic heterocycles. The van der Waals surface area contributed by atoms with Gasteiger partial charge in [-0.1, -0.05) is 33.6 Å². The van der Waals surface area contributed by atoms with Crippen LogP contribution in [0.4, 0.5) is 0 Å². The van der Waals surface area contributed by atoms with Crippen molar-refractivity contribution >= 4 is 5.91 Å². The Morgan fingerprint density at radius 2 is 1.59 bits per heavy atom. The van der Waals surface area contributed by atoms with Crippen molar-refractivity contribution in [1.82, 2.24) is 5.32 Å². The SMILES string of the molecule is CCCC(CCC)C(=O)NC(CC)(CO)CO. The summed E-state index contributed by atoms with van der Waals surface area (Å²) in [5.41, 5.74) is -0.864. The first kappa shape index (κ1) is 16.4. The van der Waals surface area contributed by atoms with E-state index in [2.05, 4.69) is 19.2 Å². The second kappa shape index (κ2) is 8.48. The van der Waals surface area contributed by atoms with E-state index in [0.717, 1.165) is 25.7 Å². The van der Waals surface area contributed by atoms with E-state index in [9.17, 15) is 15.0 Å². The molecule has 0 spiro atoms. The molecule has 0 unspecified atom stereocenters. The predicted molar refractivity (Wildman–Crippen MR) is 68.6 cm³/mol. The van der Waals surface area contributed by atoms with Crippen molar-refractivity contribution in [2.24, 2.45) is 5.92 Å². The third-order valence-corrected chi connectivity index (χ3v) is 3.32. The molecule has 0 bridgehead atoms. The van der Waals surface area contributed by atoms with Gasteiger partial charge < -0.3 is 15.5 Å². The standard InChI is InChI=1S/C13H27NO3/c1-4-7-11(8-5-2)12(17)14-13(6-3,9-15)10-16/h11,15-16H,4-10H2,1-3H3,(H,14,17). The van der Waals surface area contributed by atoms with Crippen molar-refractivity contribution in [3.63, 3.8) is 0 Å². The van der Waals surface area contributed by atoms with Crippen molar-refractivity contribution in [2.75, 3.05) is 13.2 Å². The van der Waals surface area contributed by atoms with Gasteiger partial charge in [-0.25, -0.2) is 0 Å². The van der Waals surface area contributed by atoms with E-state index in [1.807, 2.05) is 6.92 Å². The maximum absolute atomic E-state index is 12.1. The quantitative estimate of drug-likeness (QED) is 0.576. The summed E-state index contributed by atoms with van der Waals surface area (Å²) in [6, 6.07) is 0. The molecule has 4 heteroatoms. The minimum Gasteiger partial charge on any atom is -0.394 e. The molecule has 0 rings (SSSR count). The first-order chi connectivity index (χ1) is 8.09. The molecule has 3 N–H and O–H groups in total. The van der Waals surface area contributed by atoms with Crippen LogP contribution in [-0.2, 0) is 4.79 Å². The molecule has 0 heterocycles. The summed E-state index contributed by atoms with van der Waals surface area (Å²) in [4.78, 5) is 12.1. The Kier molecular flexibility index (Phi) is 8.17. The zero-order chi connectivity index (χ0) is 13.3. The number of aliphatic hydroxyl groups is 2. The number of hydrogen-bond acceptors (Lipinski definition) is 3. The molecular formula is C13H27NO3. The molecule has 17 heavy (non-hydrogen) atoms. The number of nitrogens with one attached hydrogen (secondary N) is 1. The maximum Gasteiger partial charge on any atom is 0.223 e. The van der Waals surface area contributed by atoms with Crippen LogP contribution in [0.1, 0.15) is 52.9 Å². The van der Waals surface area contributed by atoms with Crippen molar-refractivity contribution in [2.45, 2.75) is 58.4 Å². The van der Waals surface area contributed by atoms with Gasteiger partial charge in [-0.15, -0.1) is 0 Å². The van der Waals surface area contributed by atoms with E-state index >= 15 is 0 Å². The molecule has 1 amide bonds. The fourth-order valence-electron chi connectivity index (χ4n) is 1.91. The lowest BCUT2D eigenvalue weighted by Crippen LogP contribution is -2.55. The minimum atomic E-state index is -0.864. The van der Waals surface area contributed by atoms with Gasteiger partial charge in [0.25, 0.3) is 0 Å². The molecule has 102 valence electrons. The topological polar surface area (TPSA) is 69.6 Å². The van der Waals surface area contributed by atoms with Crippen LogP contribution < -0.4 is 5.32 Å². The zero-order valence-electron chi connectivity index (χ0n) is 11.3. The Labute approximate surface area is 104 Å². The second-order valence-electron chi connectivity index (χ2n) is 4.71. The third kappa shape index (κ3) is 5.04. The van der Waals surface area contributed by atoms with E-state index in [-0.39, 0.29) is 25.0 Å². The number of aliphatic hydroxyl groups excluding tert-OH is 2. The molecular weight excluding hydrogens is 218 g/mol. The summed E-state index contributed by atoms with van der Waals surface area (Å²) in [5.74, 6) is -0.0484. The molecule has 0 aromatic rings. The molecule has 0 aliphatic rings.